The Bertz CT molecular complexity index is 525. The van der Waals surface area contributed by atoms with E-state index >= 15 is 0 Å². The highest BCUT2D eigenvalue weighted by atomic mass is 127. The van der Waals surface area contributed by atoms with Gasteiger partial charge in [0.05, 0.1) is 0 Å². The molecule has 0 radical (unpaired) electrons. The monoisotopic (exact) mass is 366 g/mol. The van der Waals surface area contributed by atoms with E-state index in [0.717, 1.165) is 11.1 Å². The summed E-state index contributed by atoms with van der Waals surface area (Å²) in [7, 11) is 1.64. The summed E-state index contributed by atoms with van der Waals surface area (Å²) in [4.78, 5) is 12.4. The van der Waals surface area contributed by atoms with Crippen molar-refractivity contribution in [3.05, 3.63) is 71.8 Å². The molecular weight excluding hydrogens is 351 g/mol. The van der Waals surface area contributed by atoms with Crippen LogP contribution in [0.2, 0.25) is 0 Å². The number of Topliss-reactive ketones (excluding diaryl/α,β-unsaturated/α-hetero) is 1. The van der Waals surface area contributed by atoms with Gasteiger partial charge in [0.25, 0.3) is 0 Å². The number of halogens is 1. The second-order valence-electron chi connectivity index (χ2n) is 4.20. The highest BCUT2D eigenvalue weighted by Crippen LogP contribution is 2.28. The minimum absolute atomic E-state index is 0.0944. The standard InChI is InChI=1S/C16H15IO2/c1-19-16(13-10-6-3-7-11-13)14(17)15(18)12-8-4-2-5-9-12/h2-11,14,16H,1H3/t14-,16+/m0/s1. The first-order valence-corrected chi connectivity index (χ1v) is 7.29. The second kappa shape index (κ2) is 6.82. The molecule has 0 saturated carbocycles. The van der Waals surface area contributed by atoms with E-state index in [1.165, 1.54) is 0 Å². The molecule has 3 heteroatoms. The molecular formula is C16H15IO2. The van der Waals surface area contributed by atoms with Crippen molar-refractivity contribution < 1.29 is 9.53 Å². The molecule has 0 unspecified atom stereocenters. The van der Waals surface area contributed by atoms with Crippen LogP contribution < -0.4 is 0 Å². The van der Waals surface area contributed by atoms with Crippen LogP contribution in [0.5, 0.6) is 0 Å². The maximum atomic E-state index is 12.4. The van der Waals surface area contributed by atoms with Crippen molar-refractivity contribution in [2.45, 2.75) is 10.0 Å². The molecule has 0 aromatic heterocycles. The smallest absolute Gasteiger partial charge is 0.178 e. The minimum atomic E-state index is -0.243. The molecule has 0 aliphatic rings. The van der Waals surface area contributed by atoms with Gasteiger partial charge in [-0.3, -0.25) is 4.79 Å². The molecule has 2 nitrogen and oxygen atoms in total. The predicted molar refractivity (Wildman–Crippen MR) is 84.8 cm³/mol. The Balaban J connectivity index is 2.22. The maximum Gasteiger partial charge on any atom is 0.178 e. The van der Waals surface area contributed by atoms with Crippen molar-refractivity contribution in [3.63, 3.8) is 0 Å². The van der Waals surface area contributed by atoms with Crippen LogP contribution >= 0.6 is 22.6 Å². The zero-order valence-corrected chi connectivity index (χ0v) is 12.8. The molecule has 0 aliphatic carbocycles. The van der Waals surface area contributed by atoms with Crippen LogP contribution in [0.4, 0.5) is 0 Å². The Morgan fingerprint density at radius 2 is 1.53 bits per heavy atom. The minimum Gasteiger partial charge on any atom is -0.375 e. The molecule has 0 aliphatic heterocycles. The number of methoxy groups -OCH3 is 1. The van der Waals surface area contributed by atoms with Crippen LogP contribution in [0.25, 0.3) is 0 Å². The lowest BCUT2D eigenvalue weighted by Gasteiger charge is -2.20. The summed E-state index contributed by atoms with van der Waals surface area (Å²) in [6.07, 6.45) is -0.227. The van der Waals surface area contributed by atoms with Gasteiger partial charge in [-0.1, -0.05) is 83.3 Å². The number of carbonyl (C=O) groups excluding carboxylic acids is 1. The third-order valence-corrected chi connectivity index (χ3v) is 4.18. The molecule has 0 fully saturated rings. The average molecular weight is 366 g/mol. The van der Waals surface area contributed by atoms with Crippen LogP contribution in [0.1, 0.15) is 22.0 Å². The van der Waals surface area contributed by atoms with Crippen LogP contribution in [0.15, 0.2) is 60.7 Å². The number of rotatable bonds is 5. The SMILES string of the molecule is CO[C@H](c1ccccc1)[C@@H](I)C(=O)c1ccccc1. The Labute approximate surface area is 126 Å². The topological polar surface area (TPSA) is 26.3 Å². The third-order valence-electron chi connectivity index (χ3n) is 2.96. The highest BCUT2D eigenvalue weighted by molar-refractivity contribution is 14.1. The average Bonchev–Trinajstić information content (AvgIpc) is 2.49. The van der Waals surface area contributed by atoms with E-state index in [9.17, 15) is 4.79 Å². The van der Waals surface area contributed by atoms with Crippen LogP contribution in [-0.4, -0.2) is 16.8 Å². The maximum absolute atomic E-state index is 12.4. The van der Waals surface area contributed by atoms with Crippen LogP contribution in [0, 0.1) is 0 Å². The summed E-state index contributed by atoms with van der Waals surface area (Å²) in [5.41, 5.74) is 1.74. The fourth-order valence-electron chi connectivity index (χ4n) is 1.97. The number of alkyl halides is 1. The third kappa shape index (κ3) is 3.42. The van der Waals surface area contributed by atoms with Crippen molar-refractivity contribution in [3.8, 4) is 0 Å². The number of benzene rings is 2. The Hall–Kier alpha value is -1.20. The van der Waals surface area contributed by atoms with E-state index in [4.69, 9.17) is 4.74 Å². The van der Waals surface area contributed by atoms with Crippen molar-refractivity contribution in [1.29, 1.82) is 0 Å². The van der Waals surface area contributed by atoms with E-state index in [2.05, 4.69) is 22.6 Å². The summed E-state index contributed by atoms with van der Waals surface area (Å²) >= 11 is 2.16. The second-order valence-corrected chi connectivity index (χ2v) is 5.54. The zero-order valence-electron chi connectivity index (χ0n) is 10.6. The van der Waals surface area contributed by atoms with Gasteiger partial charge in [0.15, 0.2) is 5.78 Å². The van der Waals surface area contributed by atoms with Gasteiger partial charge in [0.1, 0.15) is 10.0 Å². The normalized spacial score (nSPS) is 13.8. The first-order valence-electron chi connectivity index (χ1n) is 6.05. The molecule has 0 saturated heterocycles. The number of hydrogen-bond acceptors (Lipinski definition) is 2. The molecule has 2 aromatic rings. The van der Waals surface area contributed by atoms with Gasteiger partial charge in [-0.05, 0) is 5.56 Å². The molecule has 0 bridgehead atoms. The van der Waals surface area contributed by atoms with Gasteiger partial charge in [-0.2, -0.15) is 0 Å². The van der Waals surface area contributed by atoms with Crippen LogP contribution in [0.3, 0.4) is 0 Å². The fraction of sp³-hybridized carbons (Fsp3) is 0.188. The lowest BCUT2D eigenvalue weighted by molar-refractivity contribution is 0.0783. The Morgan fingerprint density at radius 3 is 2.05 bits per heavy atom. The van der Waals surface area contributed by atoms with Gasteiger partial charge in [0, 0.05) is 12.7 Å². The van der Waals surface area contributed by atoms with E-state index in [-0.39, 0.29) is 15.8 Å². The lowest BCUT2D eigenvalue weighted by atomic mass is 10.00. The summed E-state index contributed by atoms with van der Waals surface area (Å²) in [5.74, 6) is 0.0944. The highest BCUT2D eigenvalue weighted by Gasteiger charge is 2.27. The first kappa shape index (κ1) is 14.2. The summed E-state index contributed by atoms with van der Waals surface area (Å²) < 4.78 is 5.27. The predicted octanol–water partition coefficient (Wildman–Crippen LogP) is 4.06. The van der Waals surface area contributed by atoms with Gasteiger partial charge >= 0.3 is 0 Å². The number of hydrogen-bond donors (Lipinski definition) is 0. The first-order chi connectivity index (χ1) is 9.24. The van der Waals surface area contributed by atoms with E-state index < -0.39 is 0 Å². The molecule has 2 rings (SSSR count). The molecule has 2 aromatic carbocycles. The van der Waals surface area contributed by atoms with Gasteiger partial charge in [0.2, 0.25) is 0 Å². The summed E-state index contributed by atoms with van der Waals surface area (Å²) in [5, 5.41) is 0. The number of carbonyl (C=O) groups is 1. The number of ether oxygens (including phenoxy) is 1. The fourth-order valence-corrected chi connectivity index (χ4v) is 3.03. The Morgan fingerprint density at radius 1 is 1.00 bits per heavy atom. The van der Waals surface area contributed by atoms with E-state index in [1.54, 1.807) is 7.11 Å². The van der Waals surface area contributed by atoms with Crippen molar-refractivity contribution in [2.24, 2.45) is 0 Å². The molecule has 98 valence electrons. The van der Waals surface area contributed by atoms with Crippen molar-refractivity contribution >= 4 is 28.4 Å². The molecule has 0 heterocycles. The van der Waals surface area contributed by atoms with E-state index in [1.807, 2.05) is 60.7 Å². The van der Waals surface area contributed by atoms with Crippen molar-refractivity contribution in [2.75, 3.05) is 7.11 Å². The van der Waals surface area contributed by atoms with Gasteiger partial charge in [-0.15, -0.1) is 0 Å². The Kier molecular flexibility index (Phi) is 5.10. The van der Waals surface area contributed by atoms with Crippen LogP contribution in [-0.2, 0) is 4.74 Å². The molecule has 2 atom stereocenters. The summed E-state index contributed by atoms with van der Waals surface area (Å²) in [6.45, 7) is 0. The summed E-state index contributed by atoms with van der Waals surface area (Å²) in [6, 6.07) is 19.2. The van der Waals surface area contributed by atoms with Crippen molar-refractivity contribution in [1.82, 2.24) is 0 Å². The molecule has 0 amide bonds. The number of ketones is 1. The largest absolute Gasteiger partial charge is 0.375 e. The molecule has 0 spiro atoms. The lowest BCUT2D eigenvalue weighted by Crippen LogP contribution is -2.23. The van der Waals surface area contributed by atoms with E-state index in [0.29, 0.717) is 0 Å². The molecule has 0 N–H and O–H groups in total. The van der Waals surface area contributed by atoms with Gasteiger partial charge < -0.3 is 4.74 Å². The zero-order chi connectivity index (χ0) is 13.7. The van der Waals surface area contributed by atoms with Gasteiger partial charge in [-0.25, -0.2) is 0 Å². The quantitative estimate of drug-likeness (QED) is 0.453. The molecule has 19 heavy (non-hydrogen) atoms.